The van der Waals surface area contributed by atoms with Gasteiger partial charge in [0, 0.05) is 54.1 Å². The molecule has 6 heteroatoms. The van der Waals surface area contributed by atoms with Crippen LogP contribution in [0.25, 0.3) is 11.4 Å². The number of benzene rings is 2. The molecular formula is C23H23ClN4O. The highest BCUT2D eigenvalue weighted by Crippen LogP contribution is 2.22. The Labute approximate surface area is 176 Å². The number of amides is 1. The van der Waals surface area contributed by atoms with E-state index in [0.29, 0.717) is 23.7 Å². The molecule has 29 heavy (non-hydrogen) atoms. The van der Waals surface area contributed by atoms with Crippen molar-refractivity contribution in [2.75, 3.05) is 31.1 Å². The van der Waals surface area contributed by atoms with Crippen molar-refractivity contribution in [2.45, 2.75) is 13.8 Å². The number of rotatable bonds is 3. The van der Waals surface area contributed by atoms with E-state index < -0.39 is 0 Å². The number of anilines is 1. The van der Waals surface area contributed by atoms with Crippen LogP contribution in [-0.4, -0.2) is 47.0 Å². The van der Waals surface area contributed by atoms with Crippen LogP contribution in [0.5, 0.6) is 0 Å². The average molecular weight is 407 g/mol. The molecular weight excluding hydrogens is 384 g/mol. The summed E-state index contributed by atoms with van der Waals surface area (Å²) in [6.45, 7) is 6.85. The Morgan fingerprint density at radius 1 is 0.897 bits per heavy atom. The molecule has 3 aromatic rings. The Morgan fingerprint density at radius 2 is 1.55 bits per heavy atom. The minimum Gasteiger partial charge on any atom is -0.353 e. The molecule has 148 valence electrons. The van der Waals surface area contributed by atoms with E-state index in [2.05, 4.69) is 41.1 Å². The Balaban J connectivity index is 1.47. The SMILES string of the molecule is Cc1ccc(-c2nc(C)cc(N3CCN(C(=O)c4ccc(Cl)cc4)CC3)n2)cc1. The van der Waals surface area contributed by atoms with E-state index in [-0.39, 0.29) is 5.91 Å². The molecule has 1 saturated heterocycles. The summed E-state index contributed by atoms with van der Waals surface area (Å²) >= 11 is 5.92. The highest BCUT2D eigenvalue weighted by molar-refractivity contribution is 6.30. The molecule has 0 bridgehead atoms. The van der Waals surface area contributed by atoms with Crippen molar-refractivity contribution in [1.82, 2.24) is 14.9 Å². The molecule has 0 atom stereocenters. The quantitative estimate of drug-likeness (QED) is 0.647. The number of hydrogen-bond acceptors (Lipinski definition) is 4. The summed E-state index contributed by atoms with van der Waals surface area (Å²) in [4.78, 5) is 26.2. The predicted molar refractivity (Wildman–Crippen MR) is 117 cm³/mol. The van der Waals surface area contributed by atoms with Gasteiger partial charge in [0.15, 0.2) is 5.82 Å². The van der Waals surface area contributed by atoms with Crippen molar-refractivity contribution < 1.29 is 4.79 Å². The van der Waals surface area contributed by atoms with Gasteiger partial charge in [-0.15, -0.1) is 0 Å². The lowest BCUT2D eigenvalue weighted by molar-refractivity contribution is 0.0746. The zero-order chi connectivity index (χ0) is 20.4. The Hall–Kier alpha value is -2.92. The fourth-order valence-corrected chi connectivity index (χ4v) is 3.59. The number of halogens is 1. The summed E-state index contributed by atoms with van der Waals surface area (Å²) in [6.07, 6.45) is 0. The lowest BCUT2D eigenvalue weighted by Crippen LogP contribution is -2.49. The molecule has 0 N–H and O–H groups in total. The molecule has 2 aromatic carbocycles. The van der Waals surface area contributed by atoms with Crippen LogP contribution in [0.4, 0.5) is 5.82 Å². The standard InChI is InChI=1S/C23H23ClN4O/c1-16-3-5-18(6-4-16)22-25-17(2)15-21(26-22)27-11-13-28(14-12-27)23(29)19-7-9-20(24)10-8-19/h3-10,15H,11-14H2,1-2H3. The second kappa shape index (κ2) is 8.21. The maximum absolute atomic E-state index is 12.7. The molecule has 1 amide bonds. The van der Waals surface area contributed by atoms with E-state index in [9.17, 15) is 4.79 Å². The van der Waals surface area contributed by atoms with Gasteiger partial charge in [-0.25, -0.2) is 9.97 Å². The Morgan fingerprint density at radius 3 is 2.21 bits per heavy atom. The third-order valence-electron chi connectivity index (χ3n) is 5.13. The van der Waals surface area contributed by atoms with Gasteiger partial charge in [-0.1, -0.05) is 41.4 Å². The predicted octanol–water partition coefficient (Wildman–Crippen LogP) is 4.38. The monoisotopic (exact) mass is 406 g/mol. The third-order valence-corrected chi connectivity index (χ3v) is 5.38. The van der Waals surface area contributed by atoms with Crippen molar-refractivity contribution >= 4 is 23.3 Å². The molecule has 2 heterocycles. The molecule has 1 aliphatic rings. The number of aromatic nitrogens is 2. The van der Waals surface area contributed by atoms with Gasteiger partial charge in [-0.05, 0) is 38.1 Å². The first-order chi connectivity index (χ1) is 14.0. The van der Waals surface area contributed by atoms with Crippen molar-refractivity contribution in [3.8, 4) is 11.4 Å². The summed E-state index contributed by atoms with van der Waals surface area (Å²) in [6, 6.07) is 17.3. The highest BCUT2D eigenvalue weighted by Gasteiger charge is 2.23. The van der Waals surface area contributed by atoms with E-state index in [1.54, 1.807) is 24.3 Å². The van der Waals surface area contributed by atoms with Crippen LogP contribution in [-0.2, 0) is 0 Å². The van der Waals surface area contributed by atoms with Gasteiger partial charge in [0.05, 0.1) is 0 Å². The van der Waals surface area contributed by atoms with E-state index in [4.69, 9.17) is 16.6 Å². The Kier molecular flexibility index (Phi) is 5.49. The molecule has 1 aliphatic heterocycles. The average Bonchev–Trinajstić information content (AvgIpc) is 2.74. The minimum atomic E-state index is 0.0422. The zero-order valence-electron chi connectivity index (χ0n) is 16.6. The van der Waals surface area contributed by atoms with Crippen molar-refractivity contribution in [1.29, 1.82) is 0 Å². The molecule has 5 nitrogen and oxygen atoms in total. The number of piperazine rings is 1. The summed E-state index contributed by atoms with van der Waals surface area (Å²) in [5.74, 6) is 1.69. The summed E-state index contributed by atoms with van der Waals surface area (Å²) < 4.78 is 0. The topological polar surface area (TPSA) is 49.3 Å². The summed E-state index contributed by atoms with van der Waals surface area (Å²) in [5.41, 5.74) is 3.83. The first-order valence-electron chi connectivity index (χ1n) is 9.72. The van der Waals surface area contributed by atoms with Crippen LogP contribution in [0.1, 0.15) is 21.6 Å². The van der Waals surface area contributed by atoms with E-state index in [1.807, 2.05) is 17.9 Å². The zero-order valence-corrected chi connectivity index (χ0v) is 17.4. The van der Waals surface area contributed by atoms with Gasteiger partial charge < -0.3 is 9.80 Å². The van der Waals surface area contributed by atoms with Crippen LogP contribution in [0, 0.1) is 13.8 Å². The fraction of sp³-hybridized carbons (Fsp3) is 0.261. The van der Waals surface area contributed by atoms with E-state index >= 15 is 0 Å². The van der Waals surface area contributed by atoms with Crippen molar-refractivity contribution in [3.05, 3.63) is 76.4 Å². The number of carbonyl (C=O) groups excluding carboxylic acids is 1. The van der Waals surface area contributed by atoms with Gasteiger partial charge in [-0.3, -0.25) is 4.79 Å². The molecule has 0 radical (unpaired) electrons. The van der Waals surface area contributed by atoms with E-state index in [0.717, 1.165) is 36.0 Å². The first-order valence-corrected chi connectivity index (χ1v) is 10.1. The number of nitrogens with zero attached hydrogens (tertiary/aromatic N) is 4. The highest BCUT2D eigenvalue weighted by atomic mass is 35.5. The second-order valence-corrected chi connectivity index (χ2v) is 7.78. The van der Waals surface area contributed by atoms with Gasteiger partial charge >= 0.3 is 0 Å². The molecule has 0 aliphatic carbocycles. The molecule has 1 fully saturated rings. The maximum Gasteiger partial charge on any atom is 0.253 e. The number of aryl methyl sites for hydroxylation is 2. The first kappa shape index (κ1) is 19.4. The van der Waals surface area contributed by atoms with E-state index in [1.165, 1.54) is 5.56 Å². The molecule has 0 spiro atoms. The van der Waals surface area contributed by atoms with Crippen LogP contribution in [0.3, 0.4) is 0 Å². The van der Waals surface area contributed by atoms with Crippen LogP contribution in [0.15, 0.2) is 54.6 Å². The van der Waals surface area contributed by atoms with Crippen molar-refractivity contribution in [2.24, 2.45) is 0 Å². The normalized spacial score (nSPS) is 14.2. The third kappa shape index (κ3) is 4.40. The van der Waals surface area contributed by atoms with Gasteiger partial charge in [0.25, 0.3) is 5.91 Å². The van der Waals surface area contributed by atoms with Gasteiger partial charge in [-0.2, -0.15) is 0 Å². The van der Waals surface area contributed by atoms with Crippen molar-refractivity contribution in [3.63, 3.8) is 0 Å². The van der Waals surface area contributed by atoms with Crippen LogP contribution >= 0.6 is 11.6 Å². The summed E-state index contributed by atoms with van der Waals surface area (Å²) in [7, 11) is 0. The summed E-state index contributed by atoms with van der Waals surface area (Å²) in [5, 5.41) is 0.634. The fourth-order valence-electron chi connectivity index (χ4n) is 3.46. The number of hydrogen-bond donors (Lipinski definition) is 0. The van der Waals surface area contributed by atoms with Gasteiger partial charge in [0.1, 0.15) is 5.82 Å². The lowest BCUT2D eigenvalue weighted by Gasteiger charge is -2.35. The smallest absolute Gasteiger partial charge is 0.253 e. The van der Waals surface area contributed by atoms with Crippen LogP contribution in [0.2, 0.25) is 5.02 Å². The molecule has 1 aromatic heterocycles. The molecule has 0 unspecified atom stereocenters. The number of carbonyl (C=O) groups is 1. The van der Waals surface area contributed by atoms with Gasteiger partial charge in [0.2, 0.25) is 0 Å². The second-order valence-electron chi connectivity index (χ2n) is 7.34. The minimum absolute atomic E-state index is 0.0422. The largest absolute Gasteiger partial charge is 0.353 e. The maximum atomic E-state index is 12.7. The molecule has 0 saturated carbocycles. The van der Waals surface area contributed by atoms with Crippen LogP contribution < -0.4 is 4.90 Å². The molecule has 4 rings (SSSR count). The lowest BCUT2D eigenvalue weighted by atomic mass is 10.1. The Bertz CT molecular complexity index is 1010.